The van der Waals surface area contributed by atoms with Crippen molar-refractivity contribution in [2.75, 3.05) is 0 Å². The Morgan fingerprint density at radius 1 is 1.24 bits per heavy atom. The third-order valence-electron chi connectivity index (χ3n) is 3.34. The lowest BCUT2D eigenvalue weighted by atomic mass is 10.2. The monoisotopic (exact) mass is 264 g/mol. The van der Waals surface area contributed by atoms with Gasteiger partial charge in [-0.05, 0) is 49.4 Å². The van der Waals surface area contributed by atoms with Gasteiger partial charge >= 0.3 is 0 Å². The number of hydrogen-bond donors (Lipinski definition) is 1. The van der Waals surface area contributed by atoms with E-state index >= 15 is 0 Å². The molecule has 0 radical (unpaired) electrons. The Hall–Kier alpha value is -0.640. The number of aryl methyl sites for hydroxylation is 3. The van der Waals surface area contributed by atoms with Crippen molar-refractivity contribution in [3.63, 3.8) is 0 Å². The lowest BCUT2D eigenvalue weighted by Gasteiger charge is -2.05. The number of aliphatic hydroxyl groups is 1. The molecular formula is C14H16OS2. The van der Waals surface area contributed by atoms with Crippen LogP contribution in [0.15, 0.2) is 18.2 Å². The maximum Gasteiger partial charge on any atom is 0.122 e. The Morgan fingerprint density at radius 3 is 2.82 bits per heavy atom. The molecule has 0 fully saturated rings. The first-order valence-corrected chi connectivity index (χ1v) is 7.79. The summed E-state index contributed by atoms with van der Waals surface area (Å²) in [6, 6.07) is 6.41. The average molecular weight is 264 g/mol. The molecule has 1 aliphatic rings. The van der Waals surface area contributed by atoms with Crippen LogP contribution in [0, 0.1) is 0 Å². The molecule has 1 N–H and O–H groups in total. The van der Waals surface area contributed by atoms with Crippen LogP contribution in [0.1, 0.15) is 44.5 Å². The first-order chi connectivity index (χ1) is 8.28. The second-order valence-corrected chi connectivity index (χ2v) is 6.88. The molecule has 0 bridgehead atoms. The Balaban J connectivity index is 1.87. The molecule has 2 heterocycles. The minimum atomic E-state index is -0.407. The Labute approximate surface area is 110 Å². The van der Waals surface area contributed by atoms with Gasteiger partial charge in [0.2, 0.25) is 0 Å². The minimum absolute atomic E-state index is 0.407. The highest BCUT2D eigenvalue weighted by atomic mass is 32.1. The summed E-state index contributed by atoms with van der Waals surface area (Å²) in [6.07, 6.45) is 4.34. The van der Waals surface area contributed by atoms with Crippen molar-refractivity contribution >= 4 is 22.7 Å². The van der Waals surface area contributed by atoms with Gasteiger partial charge < -0.3 is 5.11 Å². The van der Waals surface area contributed by atoms with Crippen LogP contribution in [-0.2, 0) is 19.3 Å². The molecule has 0 saturated carbocycles. The van der Waals surface area contributed by atoms with E-state index in [9.17, 15) is 5.11 Å². The molecule has 17 heavy (non-hydrogen) atoms. The number of rotatable bonds is 3. The van der Waals surface area contributed by atoms with E-state index in [1.165, 1.54) is 34.6 Å². The van der Waals surface area contributed by atoms with E-state index in [1.807, 2.05) is 0 Å². The van der Waals surface area contributed by atoms with E-state index in [0.717, 1.165) is 16.2 Å². The average Bonchev–Trinajstić information content (AvgIpc) is 3.02. The first-order valence-electron chi connectivity index (χ1n) is 6.16. The molecule has 0 spiro atoms. The molecule has 0 aliphatic heterocycles. The van der Waals surface area contributed by atoms with Crippen LogP contribution in [0.25, 0.3) is 0 Å². The van der Waals surface area contributed by atoms with Crippen LogP contribution in [-0.4, -0.2) is 5.11 Å². The minimum Gasteiger partial charge on any atom is -0.382 e. The second kappa shape index (κ2) is 4.56. The van der Waals surface area contributed by atoms with E-state index in [2.05, 4.69) is 25.1 Å². The van der Waals surface area contributed by atoms with Crippen molar-refractivity contribution in [3.8, 4) is 0 Å². The summed E-state index contributed by atoms with van der Waals surface area (Å²) in [5.41, 5.74) is 1.47. The van der Waals surface area contributed by atoms with Crippen LogP contribution in [0.4, 0.5) is 0 Å². The SMILES string of the molecule is CCc1ccc(C(O)c2cc3c(s2)CCC3)s1. The molecule has 90 valence electrons. The molecule has 1 atom stereocenters. The summed E-state index contributed by atoms with van der Waals surface area (Å²) in [6.45, 7) is 2.15. The van der Waals surface area contributed by atoms with Gasteiger partial charge in [0.25, 0.3) is 0 Å². The standard InChI is InChI=1S/C14H16OS2/c1-2-10-6-7-12(16-10)14(15)13-8-9-4-3-5-11(9)17-13/h6-8,14-15H,2-5H2,1H3. The van der Waals surface area contributed by atoms with E-state index in [0.29, 0.717) is 0 Å². The summed E-state index contributed by atoms with van der Waals surface area (Å²) in [5, 5.41) is 10.4. The number of fused-ring (bicyclic) bond motifs is 1. The van der Waals surface area contributed by atoms with Crippen LogP contribution in [0.3, 0.4) is 0 Å². The predicted octanol–water partition coefficient (Wildman–Crippen LogP) is 3.94. The molecule has 1 unspecified atom stereocenters. The summed E-state index contributed by atoms with van der Waals surface area (Å²) in [5.74, 6) is 0. The van der Waals surface area contributed by atoms with Gasteiger partial charge in [-0.2, -0.15) is 0 Å². The van der Waals surface area contributed by atoms with Crippen molar-refractivity contribution in [2.24, 2.45) is 0 Å². The summed E-state index contributed by atoms with van der Waals surface area (Å²) >= 11 is 3.53. The summed E-state index contributed by atoms with van der Waals surface area (Å²) < 4.78 is 0. The van der Waals surface area contributed by atoms with Gasteiger partial charge in [-0.3, -0.25) is 0 Å². The zero-order valence-electron chi connectivity index (χ0n) is 9.90. The molecule has 1 aliphatic carbocycles. The Kier molecular flexibility index (Phi) is 3.07. The zero-order chi connectivity index (χ0) is 11.8. The highest BCUT2D eigenvalue weighted by molar-refractivity contribution is 7.13. The van der Waals surface area contributed by atoms with Gasteiger partial charge in [0.05, 0.1) is 0 Å². The van der Waals surface area contributed by atoms with Gasteiger partial charge in [-0.15, -0.1) is 22.7 Å². The van der Waals surface area contributed by atoms with Crippen LogP contribution >= 0.6 is 22.7 Å². The maximum absolute atomic E-state index is 10.4. The molecule has 1 nitrogen and oxygen atoms in total. The summed E-state index contributed by atoms with van der Waals surface area (Å²) in [7, 11) is 0. The van der Waals surface area contributed by atoms with Crippen LogP contribution in [0.5, 0.6) is 0 Å². The molecular weight excluding hydrogens is 248 g/mol. The third kappa shape index (κ3) is 2.07. The fourth-order valence-electron chi connectivity index (χ4n) is 2.36. The number of aliphatic hydroxyl groups excluding tert-OH is 1. The zero-order valence-corrected chi connectivity index (χ0v) is 11.5. The van der Waals surface area contributed by atoms with Gasteiger partial charge in [0, 0.05) is 19.5 Å². The fraction of sp³-hybridized carbons (Fsp3) is 0.429. The third-order valence-corrected chi connectivity index (χ3v) is 5.91. The molecule has 0 amide bonds. The van der Waals surface area contributed by atoms with Gasteiger partial charge in [0.1, 0.15) is 6.10 Å². The maximum atomic E-state index is 10.4. The Bertz CT molecular complexity index is 503. The van der Waals surface area contributed by atoms with E-state index in [1.54, 1.807) is 22.7 Å². The fourth-order valence-corrected chi connectivity index (χ4v) is 4.65. The topological polar surface area (TPSA) is 20.2 Å². The molecule has 2 aromatic rings. The van der Waals surface area contributed by atoms with E-state index in [4.69, 9.17) is 0 Å². The molecule has 0 aromatic carbocycles. The largest absolute Gasteiger partial charge is 0.382 e. The highest BCUT2D eigenvalue weighted by Crippen LogP contribution is 2.37. The van der Waals surface area contributed by atoms with Crippen molar-refractivity contribution in [3.05, 3.63) is 43.3 Å². The molecule has 3 rings (SSSR count). The van der Waals surface area contributed by atoms with Crippen LogP contribution < -0.4 is 0 Å². The molecule has 3 heteroatoms. The highest BCUT2D eigenvalue weighted by Gasteiger charge is 2.20. The molecule has 2 aromatic heterocycles. The van der Waals surface area contributed by atoms with Crippen molar-refractivity contribution in [2.45, 2.75) is 38.7 Å². The van der Waals surface area contributed by atoms with Crippen molar-refractivity contribution in [1.82, 2.24) is 0 Å². The van der Waals surface area contributed by atoms with Gasteiger partial charge in [-0.25, -0.2) is 0 Å². The number of thiophene rings is 2. The number of hydrogen-bond acceptors (Lipinski definition) is 3. The predicted molar refractivity (Wildman–Crippen MR) is 74.1 cm³/mol. The lowest BCUT2D eigenvalue weighted by molar-refractivity contribution is 0.228. The molecule has 0 saturated heterocycles. The van der Waals surface area contributed by atoms with Crippen molar-refractivity contribution in [1.29, 1.82) is 0 Å². The lowest BCUT2D eigenvalue weighted by Crippen LogP contribution is -1.93. The first kappa shape index (κ1) is 11.5. The van der Waals surface area contributed by atoms with Gasteiger partial charge in [0.15, 0.2) is 0 Å². The van der Waals surface area contributed by atoms with Gasteiger partial charge in [-0.1, -0.05) is 6.92 Å². The Morgan fingerprint density at radius 2 is 2.12 bits per heavy atom. The van der Waals surface area contributed by atoms with E-state index < -0.39 is 6.10 Å². The summed E-state index contributed by atoms with van der Waals surface area (Å²) in [4.78, 5) is 5.05. The van der Waals surface area contributed by atoms with Crippen LogP contribution in [0.2, 0.25) is 0 Å². The van der Waals surface area contributed by atoms with Crippen molar-refractivity contribution < 1.29 is 5.11 Å². The smallest absolute Gasteiger partial charge is 0.122 e. The van der Waals surface area contributed by atoms with E-state index in [-0.39, 0.29) is 0 Å². The quantitative estimate of drug-likeness (QED) is 0.890. The second-order valence-electron chi connectivity index (χ2n) is 4.51. The normalized spacial score (nSPS) is 16.1.